The van der Waals surface area contributed by atoms with Gasteiger partial charge in [0.2, 0.25) is 0 Å². The maximum absolute atomic E-state index is 11.7. The Balaban J connectivity index is 1.93. The van der Waals surface area contributed by atoms with E-state index in [-0.39, 0.29) is 5.78 Å². The van der Waals surface area contributed by atoms with Gasteiger partial charge in [-0.25, -0.2) is 0 Å². The summed E-state index contributed by atoms with van der Waals surface area (Å²) in [5, 5.41) is 0. The van der Waals surface area contributed by atoms with Crippen LogP contribution in [0.15, 0.2) is 30.5 Å². The zero-order valence-electron chi connectivity index (χ0n) is 10.7. The standard InChI is InChI=1S/C14H15BO3/c1-9-14(2,3)18-15(17-9)11-6-4-10-5-7-13(16)12(10)8-11/h4,6,8H,1,5,7H2,2-3H3. The summed E-state index contributed by atoms with van der Waals surface area (Å²) in [6.07, 6.45) is 1.46. The highest BCUT2D eigenvalue weighted by Crippen LogP contribution is 2.30. The molecule has 1 aromatic carbocycles. The van der Waals surface area contributed by atoms with Crippen molar-refractivity contribution in [2.75, 3.05) is 0 Å². The van der Waals surface area contributed by atoms with E-state index in [1.54, 1.807) is 0 Å². The van der Waals surface area contributed by atoms with Crippen molar-refractivity contribution in [2.24, 2.45) is 0 Å². The molecule has 0 saturated carbocycles. The van der Waals surface area contributed by atoms with Crippen molar-refractivity contribution in [1.29, 1.82) is 0 Å². The van der Waals surface area contributed by atoms with Crippen LogP contribution in [0.3, 0.4) is 0 Å². The fraction of sp³-hybridized carbons (Fsp3) is 0.357. The van der Waals surface area contributed by atoms with E-state index in [0.29, 0.717) is 12.2 Å². The smallest absolute Gasteiger partial charge is 0.534 e. The predicted molar refractivity (Wildman–Crippen MR) is 69.9 cm³/mol. The Morgan fingerprint density at radius 2 is 2.11 bits per heavy atom. The number of aryl methyl sites for hydroxylation is 1. The normalized spacial score (nSPS) is 21.1. The molecule has 0 amide bonds. The van der Waals surface area contributed by atoms with Crippen molar-refractivity contribution in [3.05, 3.63) is 41.7 Å². The number of carbonyl (C=O) groups excluding carboxylic acids is 1. The zero-order chi connectivity index (χ0) is 12.9. The number of carbonyl (C=O) groups is 1. The number of hydrogen-bond donors (Lipinski definition) is 0. The minimum Gasteiger partial charge on any atom is -0.534 e. The first-order valence-electron chi connectivity index (χ1n) is 6.17. The monoisotopic (exact) mass is 242 g/mol. The van der Waals surface area contributed by atoms with Crippen LogP contribution < -0.4 is 5.46 Å². The van der Waals surface area contributed by atoms with E-state index in [1.807, 2.05) is 32.0 Å². The molecule has 0 bridgehead atoms. The molecule has 1 aliphatic heterocycles. The van der Waals surface area contributed by atoms with E-state index < -0.39 is 12.7 Å². The molecule has 4 heteroatoms. The van der Waals surface area contributed by atoms with Crippen molar-refractivity contribution in [1.82, 2.24) is 0 Å². The molecule has 0 atom stereocenters. The Morgan fingerprint density at radius 1 is 1.33 bits per heavy atom. The second kappa shape index (κ2) is 3.72. The molecule has 2 aliphatic rings. The molecular formula is C14H15BO3. The maximum atomic E-state index is 11.7. The van der Waals surface area contributed by atoms with Gasteiger partial charge < -0.3 is 9.31 Å². The van der Waals surface area contributed by atoms with Crippen LogP contribution in [0.25, 0.3) is 0 Å². The van der Waals surface area contributed by atoms with Crippen LogP contribution in [0.4, 0.5) is 0 Å². The molecule has 3 nitrogen and oxygen atoms in total. The predicted octanol–water partition coefficient (Wildman–Crippen LogP) is 1.85. The molecule has 18 heavy (non-hydrogen) atoms. The van der Waals surface area contributed by atoms with E-state index >= 15 is 0 Å². The summed E-state index contributed by atoms with van der Waals surface area (Å²) in [6, 6.07) is 5.86. The third-order valence-electron chi connectivity index (χ3n) is 3.65. The third kappa shape index (κ3) is 1.68. The van der Waals surface area contributed by atoms with Gasteiger partial charge in [0.05, 0.1) is 5.76 Å². The van der Waals surface area contributed by atoms with E-state index in [9.17, 15) is 4.79 Å². The van der Waals surface area contributed by atoms with Crippen LogP contribution in [0, 0.1) is 0 Å². The van der Waals surface area contributed by atoms with Gasteiger partial charge in [0.1, 0.15) is 5.60 Å². The zero-order valence-corrected chi connectivity index (χ0v) is 10.7. The second-order valence-corrected chi connectivity index (χ2v) is 5.34. The van der Waals surface area contributed by atoms with E-state index in [4.69, 9.17) is 9.31 Å². The Morgan fingerprint density at radius 3 is 2.78 bits per heavy atom. The van der Waals surface area contributed by atoms with E-state index in [0.717, 1.165) is 23.0 Å². The number of fused-ring (bicyclic) bond motifs is 1. The summed E-state index contributed by atoms with van der Waals surface area (Å²) < 4.78 is 11.4. The molecule has 0 spiro atoms. The van der Waals surface area contributed by atoms with Crippen LogP contribution in [0.5, 0.6) is 0 Å². The molecule has 0 unspecified atom stereocenters. The molecule has 3 rings (SSSR count). The van der Waals surface area contributed by atoms with Crippen LogP contribution in [-0.4, -0.2) is 18.5 Å². The highest BCUT2D eigenvalue weighted by Gasteiger charge is 2.43. The Hall–Kier alpha value is -1.55. The van der Waals surface area contributed by atoms with Crippen molar-refractivity contribution in [3.63, 3.8) is 0 Å². The molecule has 0 aromatic heterocycles. The third-order valence-corrected chi connectivity index (χ3v) is 3.65. The lowest BCUT2D eigenvalue weighted by atomic mass is 9.78. The fourth-order valence-corrected chi connectivity index (χ4v) is 2.37. The van der Waals surface area contributed by atoms with Crippen molar-refractivity contribution >= 4 is 18.4 Å². The number of ketones is 1. The number of benzene rings is 1. The number of Topliss-reactive ketones (excluding diaryl/α,β-unsaturated/α-hetero) is 1. The van der Waals surface area contributed by atoms with E-state index in [1.165, 1.54) is 0 Å². The summed E-state index contributed by atoms with van der Waals surface area (Å²) in [5.41, 5.74) is 2.35. The first-order valence-corrected chi connectivity index (χ1v) is 6.17. The lowest BCUT2D eigenvalue weighted by Gasteiger charge is -2.15. The van der Waals surface area contributed by atoms with Gasteiger partial charge in [0.15, 0.2) is 5.78 Å². The van der Waals surface area contributed by atoms with Gasteiger partial charge in [-0.3, -0.25) is 4.79 Å². The average molecular weight is 242 g/mol. The summed E-state index contributed by atoms with van der Waals surface area (Å²) in [6.45, 7) is 7.70. The van der Waals surface area contributed by atoms with Gasteiger partial charge in [-0.05, 0) is 31.3 Å². The first-order chi connectivity index (χ1) is 8.47. The fourth-order valence-electron chi connectivity index (χ4n) is 2.37. The van der Waals surface area contributed by atoms with Gasteiger partial charge in [-0.15, -0.1) is 0 Å². The second-order valence-electron chi connectivity index (χ2n) is 5.34. The quantitative estimate of drug-likeness (QED) is 0.705. The van der Waals surface area contributed by atoms with Crippen molar-refractivity contribution in [3.8, 4) is 0 Å². The molecule has 0 N–H and O–H groups in total. The summed E-state index contributed by atoms with van der Waals surface area (Å²) in [4.78, 5) is 11.7. The van der Waals surface area contributed by atoms with Gasteiger partial charge >= 0.3 is 7.12 Å². The SMILES string of the molecule is C=C1OB(c2ccc3c(c2)C(=O)CC3)OC1(C)C. The lowest BCUT2D eigenvalue weighted by Crippen LogP contribution is -2.34. The summed E-state index contributed by atoms with van der Waals surface area (Å²) in [5.74, 6) is 0.835. The molecule has 92 valence electrons. The molecule has 0 radical (unpaired) electrons. The Labute approximate surface area is 107 Å². The van der Waals surface area contributed by atoms with Crippen LogP contribution in [-0.2, 0) is 15.7 Å². The van der Waals surface area contributed by atoms with Crippen molar-refractivity contribution in [2.45, 2.75) is 32.3 Å². The largest absolute Gasteiger partial charge is 0.563 e. The molecule has 1 saturated heterocycles. The molecular weight excluding hydrogens is 227 g/mol. The average Bonchev–Trinajstić information content (AvgIpc) is 2.81. The van der Waals surface area contributed by atoms with Crippen LogP contribution in [0.2, 0.25) is 0 Å². The topological polar surface area (TPSA) is 35.5 Å². The highest BCUT2D eigenvalue weighted by molar-refractivity contribution is 6.62. The molecule has 1 aliphatic carbocycles. The maximum Gasteiger partial charge on any atom is 0.563 e. The highest BCUT2D eigenvalue weighted by atomic mass is 16.7. The van der Waals surface area contributed by atoms with Gasteiger partial charge in [-0.2, -0.15) is 0 Å². The minimum absolute atomic E-state index is 0.211. The van der Waals surface area contributed by atoms with Gasteiger partial charge in [0.25, 0.3) is 0 Å². The summed E-state index contributed by atoms with van der Waals surface area (Å²) >= 11 is 0. The first kappa shape index (κ1) is 11.5. The molecule has 1 heterocycles. The van der Waals surface area contributed by atoms with Gasteiger partial charge in [-0.1, -0.05) is 24.8 Å². The van der Waals surface area contributed by atoms with Gasteiger partial charge in [0, 0.05) is 12.0 Å². The lowest BCUT2D eigenvalue weighted by molar-refractivity contribution is 0.0994. The Bertz CT molecular complexity index is 548. The Kier molecular flexibility index (Phi) is 2.39. The number of hydrogen-bond acceptors (Lipinski definition) is 3. The summed E-state index contributed by atoms with van der Waals surface area (Å²) in [7, 11) is -0.453. The van der Waals surface area contributed by atoms with E-state index in [2.05, 4.69) is 6.58 Å². The number of rotatable bonds is 1. The van der Waals surface area contributed by atoms with Crippen molar-refractivity contribution < 1.29 is 14.1 Å². The molecule has 1 fully saturated rings. The molecule has 1 aromatic rings. The van der Waals surface area contributed by atoms with Crippen LogP contribution in [0.1, 0.15) is 36.2 Å². The van der Waals surface area contributed by atoms with Crippen LogP contribution >= 0.6 is 0 Å². The minimum atomic E-state index is -0.478.